The van der Waals surface area contributed by atoms with Crippen molar-refractivity contribution in [2.24, 2.45) is 0 Å². The lowest BCUT2D eigenvalue weighted by Gasteiger charge is -2.05. The monoisotopic (exact) mass is 354 g/mol. The number of allylic oxidation sites excluding steroid dienone is 1. The lowest BCUT2D eigenvalue weighted by Crippen LogP contribution is -2.09. The first-order valence-electron chi connectivity index (χ1n) is 8.48. The summed E-state index contributed by atoms with van der Waals surface area (Å²) < 4.78 is 10.6. The quantitative estimate of drug-likeness (QED) is 0.393. The normalized spacial score (nSPS) is 10.7. The number of hydrogen-bond donors (Lipinski definition) is 1. The van der Waals surface area contributed by atoms with Gasteiger partial charge in [-0.05, 0) is 54.5 Å². The molecular formula is C21H22O5. The van der Waals surface area contributed by atoms with Crippen molar-refractivity contribution < 1.29 is 24.2 Å². The molecular weight excluding hydrogens is 332 g/mol. The molecule has 0 aliphatic rings. The van der Waals surface area contributed by atoms with Crippen molar-refractivity contribution in [2.75, 3.05) is 13.2 Å². The molecule has 2 aromatic rings. The third kappa shape index (κ3) is 6.43. The number of carbonyl (C=O) groups is 2. The maximum absolute atomic E-state index is 12.2. The summed E-state index contributed by atoms with van der Waals surface area (Å²) in [5, 5.41) is 8.57. The first kappa shape index (κ1) is 19.2. The van der Waals surface area contributed by atoms with Gasteiger partial charge in [-0.25, -0.2) is 4.79 Å². The first-order chi connectivity index (χ1) is 12.6. The molecule has 5 nitrogen and oxygen atoms in total. The molecule has 26 heavy (non-hydrogen) atoms. The zero-order valence-electron chi connectivity index (χ0n) is 14.7. The van der Waals surface area contributed by atoms with Gasteiger partial charge in [0.15, 0.2) is 12.4 Å². The van der Waals surface area contributed by atoms with Crippen LogP contribution in [-0.4, -0.2) is 30.1 Å². The van der Waals surface area contributed by atoms with Crippen molar-refractivity contribution in [2.45, 2.75) is 19.8 Å². The van der Waals surface area contributed by atoms with Gasteiger partial charge in [0.05, 0.1) is 6.61 Å². The van der Waals surface area contributed by atoms with E-state index in [2.05, 4.69) is 6.92 Å². The molecule has 1 N–H and O–H groups in total. The summed E-state index contributed by atoms with van der Waals surface area (Å²) in [6.07, 6.45) is 5.36. The fraction of sp³-hybridized carbons (Fsp3) is 0.238. The van der Waals surface area contributed by atoms with Crippen molar-refractivity contribution in [3.8, 4) is 11.5 Å². The van der Waals surface area contributed by atoms with E-state index < -0.39 is 12.6 Å². The van der Waals surface area contributed by atoms with Gasteiger partial charge < -0.3 is 14.6 Å². The summed E-state index contributed by atoms with van der Waals surface area (Å²) in [5.41, 5.74) is 1.41. The maximum atomic E-state index is 12.2. The Morgan fingerprint density at radius 2 is 1.58 bits per heavy atom. The molecule has 0 saturated heterocycles. The Kier molecular flexibility index (Phi) is 7.43. The van der Waals surface area contributed by atoms with Gasteiger partial charge >= 0.3 is 5.97 Å². The molecule has 0 saturated carbocycles. The minimum atomic E-state index is -1.05. The smallest absolute Gasteiger partial charge is 0.341 e. The summed E-state index contributed by atoms with van der Waals surface area (Å²) >= 11 is 0. The number of ketones is 1. The van der Waals surface area contributed by atoms with Gasteiger partial charge in [-0.15, -0.1) is 0 Å². The van der Waals surface area contributed by atoms with Gasteiger partial charge in [-0.1, -0.05) is 31.6 Å². The summed E-state index contributed by atoms with van der Waals surface area (Å²) in [5.74, 6) is 0.0402. The molecule has 0 aliphatic heterocycles. The third-order valence-electron chi connectivity index (χ3n) is 3.58. The molecule has 2 aromatic carbocycles. The summed E-state index contributed by atoms with van der Waals surface area (Å²) in [6.45, 7) is 2.41. The number of hydrogen-bond acceptors (Lipinski definition) is 4. The fourth-order valence-electron chi connectivity index (χ4n) is 2.14. The lowest BCUT2D eigenvalue weighted by atomic mass is 10.1. The molecule has 0 heterocycles. The van der Waals surface area contributed by atoms with Crippen LogP contribution in [0.3, 0.4) is 0 Å². The Hall–Kier alpha value is -3.08. The van der Waals surface area contributed by atoms with E-state index in [1.807, 2.05) is 24.3 Å². The Labute approximate surface area is 152 Å². The predicted octanol–water partition coefficient (Wildman–Crippen LogP) is 4.23. The largest absolute Gasteiger partial charge is 0.494 e. The minimum absolute atomic E-state index is 0.141. The molecule has 0 spiro atoms. The molecule has 5 heteroatoms. The summed E-state index contributed by atoms with van der Waals surface area (Å²) in [7, 11) is 0. The molecule has 0 aliphatic carbocycles. The van der Waals surface area contributed by atoms with Crippen LogP contribution in [0.5, 0.6) is 11.5 Å². The van der Waals surface area contributed by atoms with Gasteiger partial charge in [-0.2, -0.15) is 0 Å². The van der Waals surface area contributed by atoms with E-state index in [0.717, 1.165) is 24.2 Å². The molecule has 0 bridgehead atoms. The van der Waals surface area contributed by atoms with Gasteiger partial charge in [0.1, 0.15) is 11.5 Å². The van der Waals surface area contributed by atoms with E-state index in [-0.39, 0.29) is 5.78 Å². The van der Waals surface area contributed by atoms with Gasteiger partial charge in [-0.3, -0.25) is 4.79 Å². The SMILES string of the molecule is CCCCOc1ccc(/C=C/C(=O)c2ccc(OCC(=O)O)cc2)cc1. The maximum Gasteiger partial charge on any atom is 0.341 e. The topological polar surface area (TPSA) is 72.8 Å². The van der Waals surface area contributed by atoms with E-state index in [1.54, 1.807) is 30.3 Å². The van der Waals surface area contributed by atoms with Crippen LogP contribution in [0.25, 0.3) is 6.08 Å². The van der Waals surface area contributed by atoms with Gasteiger partial charge in [0.2, 0.25) is 0 Å². The van der Waals surface area contributed by atoms with Gasteiger partial charge in [0.25, 0.3) is 0 Å². The molecule has 0 radical (unpaired) electrons. The van der Waals surface area contributed by atoms with Crippen molar-refractivity contribution in [1.29, 1.82) is 0 Å². The molecule has 0 amide bonds. The summed E-state index contributed by atoms with van der Waals surface area (Å²) in [4.78, 5) is 22.6. The molecule has 0 fully saturated rings. The molecule has 136 valence electrons. The number of carbonyl (C=O) groups excluding carboxylic acids is 1. The van der Waals surface area contributed by atoms with Crippen molar-refractivity contribution >= 4 is 17.8 Å². The van der Waals surface area contributed by atoms with Crippen LogP contribution >= 0.6 is 0 Å². The number of unbranched alkanes of at least 4 members (excludes halogenated alkanes) is 1. The molecule has 2 rings (SSSR count). The second-order valence-corrected chi connectivity index (χ2v) is 5.68. The molecule has 0 aromatic heterocycles. The van der Waals surface area contributed by atoms with Crippen LogP contribution in [0.15, 0.2) is 54.6 Å². The highest BCUT2D eigenvalue weighted by molar-refractivity contribution is 6.06. The number of carboxylic acid groups (broad SMARTS) is 1. The molecule has 0 unspecified atom stereocenters. The van der Waals surface area contributed by atoms with Crippen LogP contribution in [0.1, 0.15) is 35.7 Å². The number of carboxylic acids is 1. The Bertz CT molecular complexity index is 745. The van der Waals surface area contributed by atoms with Crippen LogP contribution in [-0.2, 0) is 4.79 Å². The van der Waals surface area contributed by atoms with E-state index >= 15 is 0 Å². The Morgan fingerprint density at radius 3 is 2.19 bits per heavy atom. The van der Waals surface area contributed by atoms with Gasteiger partial charge in [0, 0.05) is 5.56 Å². The first-order valence-corrected chi connectivity index (χ1v) is 8.48. The average Bonchev–Trinajstić information content (AvgIpc) is 2.66. The lowest BCUT2D eigenvalue weighted by molar-refractivity contribution is -0.139. The number of benzene rings is 2. The number of ether oxygens (including phenoxy) is 2. The predicted molar refractivity (Wildman–Crippen MR) is 99.8 cm³/mol. The number of rotatable bonds is 10. The van der Waals surface area contributed by atoms with Crippen LogP contribution in [0.2, 0.25) is 0 Å². The molecule has 0 atom stereocenters. The number of aliphatic carboxylic acids is 1. The van der Waals surface area contributed by atoms with Crippen LogP contribution in [0.4, 0.5) is 0 Å². The third-order valence-corrected chi connectivity index (χ3v) is 3.58. The Balaban J connectivity index is 1.90. The second kappa shape index (κ2) is 10.0. The van der Waals surface area contributed by atoms with Crippen molar-refractivity contribution in [3.05, 3.63) is 65.7 Å². The summed E-state index contributed by atoms with van der Waals surface area (Å²) in [6, 6.07) is 13.9. The minimum Gasteiger partial charge on any atom is -0.494 e. The van der Waals surface area contributed by atoms with Crippen molar-refractivity contribution in [3.63, 3.8) is 0 Å². The van der Waals surface area contributed by atoms with E-state index in [0.29, 0.717) is 17.9 Å². The van der Waals surface area contributed by atoms with E-state index in [4.69, 9.17) is 14.6 Å². The average molecular weight is 354 g/mol. The highest BCUT2D eigenvalue weighted by Crippen LogP contribution is 2.15. The second-order valence-electron chi connectivity index (χ2n) is 5.68. The highest BCUT2D eigenvalue weighted by Gasteiger charge is 2.04. The van der Waals surface area contributed by atoms with E-state index in [9.17, 15) is 9.59 Å². The van der Waals surface area contributed by atoms with Crippen LogP contribution in [0, 0.1) is 0 Å². The standard InChI is InChI=1S/C21H22O5/c1-2-3-14-25-18-9-4-16(5-10-18)6-13-20(22)17-7-11-19(12-8-17)26-15-21(23)24/h4-13H,2-3,14-15H2,1H3,(H,23,24)/b13-6+. The zero-order chi connectivity index (χ0) is 18.8. The Morgan fingerprint density at radius 1 is 0.962 bits per heavy atom. The van der Waals surface area contributed by atoms with Crippen LogP contribution < -0.4 is 9.47 Å². The van der Waals surface area contributed by atoms with Crippen molar-refractivity contribution in [1.82, 2.24) is 0 Å². The van der Waals surface area contributed by atoms with E-state index in [1.165, 1.54) is 6.08 Å². The highest BCUT2D eigenvalue weighted by atomic mass is 16.5. The zero-order valence-corrected chi connectivity index (χ0v) is 14.7. The fourth-order valence-corrected chi connectivity index (χ4v) is 2.14.